The van der Waals surface area contributed by atoms with Crippen LogP contribution in [-0.2, 0) is 0 Å². The van der Waals surface area contributed by atoms with Crippen molar-refractivity contribution in [2.45, 2.75) is 6.43 Å². The van der Waals surface area contributed by atoms with Gasteiger partial charge in [0.05, 0.1) is 18.7 Å². The van der Waals surface area contributed by atoms with Crippen molar-refractivity contribution in [3.63, 3.8) is 0 Å². The first-order valence-corrected chi connectivity index (χ1v) is 6.24. The van der Waals surface area contributed by atoms with Gasteiger partial charge in [-0.1, -0.05) is 12.1 Å². The maximum atomic E-state index is 12.7. The number of nitrogens with zero attached hydrogens (tertiary/aromatic N) is 3. The van der Waals surface area contributed by atoms with E-state index in [2.05, 4.69) is 15.3 Å². The Hall–Kier alpha value is -2.02. The predicted octanol–water partition coefficient (Wildman–Crippen LogP) is 1.74. The molecule has 0 atom stereocenters. The summed E-state index contributed by atoms with van der Waals surface area (Å²) in [7, 11) is 1.66. The minimum Gasteiger partial charge on any atom is -0.395 e. The maximum absolute atomic E-state index is 12.7. The van der Waals surface area contributed by atoms with Gasteiger partial charge in [-0.2, -0.15) is 4.98 Å². The van der Waals surface area contributed by atoms with Gasteiger partial charge in [-0.25, -0.2) is 13.8 Å². The van der Waals surface area contributed by atoms with Gasteiger partial charge in [0.15, 0.2) is 0 Å². The lowest BCUT2D eigenvalue weighted by molar-refractivity contribution is 0.152. The van der Waals surface area contributed by atoms with Gasteiger partial charge in [0.1, 0.15) is 5.82 Å². The second kappa shape index (κ2) is 6.42. The Kier molecular flexibility index (Phi) is 4.62. The molecule has 108 valence electrons. The highest BCUT2D eigenvalue weighted by Gasteiger charge is 2.17. The summed E-state index contributed by atoms with van der Waals surface area (Å²) < 4.78 is 25.4. The smallest absolute Gasteiger partial charge is 0.255 e. The predicted molar refractivity (Wildman–Crippen MR) is 74.4 cm³/mol. The van der Waals surface area contributed by atoms with E-state index in [1.54, 1.807) is 25.2 Å². The molecule has 20 heavy (non-hydrogen) atoms. The monoisotopic (exact) mass is 282 g/mol. The maximum Gasteiger partial charge on any atom is 0.255 e. The number of rotatable bonds is 6. The molecule has 0 aliphatic heterocycles. The molecule has 0 unspecified atom stereocenters. The third kappa shape index (κ3) is 3.11. The van der Waals surface area contributed by atoms with Crippen molar-refractivity contribution >= 4 is 22.7 Å². The lowest BCUT2D eigenvalue weighted by Crippen LogP contribution is -2.32. The first-order valence-electron chi connectivity index (χ1n) is 6.24. The highest BCUT2D eigenvalue weighted by Crippen LogP contribution is 2.25. The zero-order chi connectivity index (χ0) is 14.5. The van der Waals surface area contributed by atoms with Crippen molar-refractivity contribution in [3.8, 4) is 0 Å². The molecule has 2 aromatic rings. The summed E-state index contributed by atoms with van der Waals surface area (Å²) in [6, 6.07) is 7.19. The number of fused-ring (bicyclic) bond motifs is 1. The van der Waals surface area contributed by atoms with Gasteiger partial charge in [-0.3, -0.25) is 0 Å². The summed E-state index contributed by atoms with van der Waals surface area (Å²) in [6.45, 7) is -0.612. The molecule has 1 heterocycles. The Labute approximate surface area is 115 Å². The van der Waals surface area contributed by atoms with E-state index in [0.717, 1.165) is 0 Å². The minimum atomic E-state index is -2.51. The van der Waals surface area contributed by atoms with E-state index in [1.807, 2.05) is 6.07 Å². The van der Waals surface area contributed by atoms with Crippen molar-refractivity contribution in [2.24, 2.45) is 0 Å². The van der Waals surface area contributed by atoms with Crippen LogP contribution in [0.15, 0.2) is 24.3 Å². The molecular weight excluding hydrogens is 266 g/mol. The summed E-state index contributed by atoms with van der Waals surface area (Å²) in [5.41, 5.74) is 0.666. The van der Waals surface area contributed by atoms with E-state index in [9.17, 15) is 8.78 Å². The van der Waals surface area contributed by atoms with Crippen molar-refractivity contribution in [2.75, 3.05) is 37.0 Å². The first kappa shape index (κ1) is 14.4. The van der Waals surface area contributed by atoms with Crippen molar-refractivity contribution in [1.82, 2.24) is 9.97 Å². The van der Waals surface area contributed by atoms with Crippen LogP contribution in [0.1, 0.15) is 0 Å². The number of anilines is 2. The summed E-state index contributed by atoms with van der Waals surface area (Å²) >= 11 is 0. The third-order valence-electron chi connectivity index (χ3n) is 2.83. The third-order valence-corrected chi connectivity index (χ3v) is 2.83. The van der Waals surface area contributed by atoms with Gasteiger partial charge in [-0.05, 0) is 12.1 Å². The molecule has 0 aliphatic rings. The molecule has 0 fully saturated rings. The fourth-order valence-corrected chi connectivity index (χ4v) is 1.98. The van der Waals surface area contributed by atoms with Crippen LogP contribution in [0, 0.1) is 0 Å². The molecule has 0 saturated heterocycles. The molecule has 0 saturated carbocycles. The number of aromatic nitrogens is 2. The number of alkyl halides is 2. The molecular formula is C13H16F2N4O. The van der Waals surface area contributed by atoms with Gasteiger partial charge in [0.25, 0.3) is 6.43 Å². The number of hydrogen-bond donors (Lipinski definition) is 2. The number of hydrogen-bond acceptors (Lipinski definition) is 5. The summed E-state index contributed by atoms with van der Waals surface area (Å²) in [4.78, 5) is 9.90. The normalized spacial score (nSPS) is 11.1. The van der Waals surface area contributed by atoms with E-state index < -0.39 is 13.0 Å². The van der Waals surface area contributed by atoms with Crippen LogP contribution in [0.25, 0.3) is 10.9 Å². The SMILES string of the molecule is CNc1nc(N(CCO)CC(F)F)c2ccccc2n1. The average Bonchev–Trinajstić information content (AvgIpc) is 2.45. The van der Waals surface area contributed by atoms with Gasteiger partial charge in [0, 0.05) is 19.0 Å². The Morgan fingerprint density at radius 2 is 2.05 bits per heavy atom. The number of benzene rings is 1. The second-order valence-electron chi connectivity index (χ2n) is 4.20. The lowest BCUT2D eigenvalue weighted by Gasteiger charge is -2.24. The van der Waals surface area contributed by atoms with E-state index in [4.69, 9.17) is 5.11 Å². The van der Waals surface area contributed by atoms with Crippen LogP contribution in [0.5, 0.6) is 0 Å². The average molecular weight is 282 g/mol. The Morgan fingerprint density at radius 3 is 2.70 bits per heavy atom. The zero-order valence-electron chi connectivity index (χ0n) is 11.1. The molecule has 7 heteroatoms. The summed E-state index contributed by atoms with van der Waals surface area (Å²) in [6.07, 6.45) is -2.51. The molecule has 1 aromatic carbocycles. The summed E-state index contributed by atoms with van der Waals surface area (Å²) in [5.74, 6) is 0.755. The highest BCUT2D eigenvalue weighted by molar-refractivity contribution is 5.90. The van der Waals surface area contributed by atoms with Crippen LogP contribution in [0.2, 0.25) is 0 Å². The Bertz CT molecular complexity index is 579. The first-order chi connectivity index (χ1) is 9.65. The van der Waals surface area contributed by atoms with Gasteiger partial charge in [0.2, 0.25) is 5.95 Å². The number of aliphatic hydroxyl groups excluding tert-OH is 1. The number of para-hydroxylation sites is 1. The Morgan fingerprint density at radius 1 is 1.30 bits per heavy atom. The lowest BCUT2D eigenvalue weighted by atomic mass is 10.2. The van der Waals surface area contributed by atoms with Crippen molar-refractivity contribution in [3.05, 3.63) is 24.3 Å². The topological polar surface area (TPSA) is 61.3 Å². The van der Waals surface area contributed by atoms with Crippen LogP contribution in [-0.4, -0.2) is 48.2 Å². The van der Waals surface area contributed by atoms with Crippen molar-refractivity contribution in [1.29, 1.82) is 0 Å². The standard InChI is InChI=1S/C13H16F2N4O/c1-16-13-17-10-5-3-2-4-9(10)12(18-13)19(6-7-20)8-11(14)15/h2-5,11,20H,6-8H2,1H3,(H,16,17,18). The molecule has 0 aliphatic carbocycles. The largest absolute Gasteiger partial charge is 0.395 e. The molecule has 0 spiro atoms. The molecule has 0 radical (unpaired) electrons. The van der Waals surface area contributed by atoms with Gasteiger partial charge < -0.3 is 15.3 Å². The second-order valence-corrected chi connectivity index (χ2v) is 4.20. The zero-order valence-corrected chi connectivity index (χ0v) is 11.1. The molecule has 1 aromatic heterocycles. The van der Waals surface area contributed by atoms with Crippen LogP contribution >= 0.6 is 0 Å². The van der Waals surface area contributed by atoms with E-state index in [-0.39, 0.29) is 13.2 Å². The van der Waals surface area contributed by atoms with Crippen LogP contribution in [0.3, 0.4) is 0 Å². The van der Waals surface area contributed by atoms with Crippen molar-refractivity contribution < 1.29 is 13.9 Å². The van der Waals surface area contributed by atoms with Crippen LogP contribution in [0.4, 0.5) is 20.5 Å². The van der Waals surface area contributed by atoms with E-state index >= 15 is 0 Å². The quantitative estimate of drug-likeness (QED) is 0.845. The molecule has 5 nitrogen and oxygen atoms in total. The fourth-order valence-electron chi connectivity index (χ4n) is 1.98. The minimum absolute atomic E-state index is 0.0918. The fraction of sp³-hybridized carbons (Fsp3) is 0.385. The Balaban J connectivity index is 2.53. The molecule has 2 N–H and O–H groups in total. The number of aliphatic hydroxyl groups is 1. The van der Waals surface area contributed by atoms with Gasteiger partial charge in [-0.15, -0.1) is 0 Å². The molecule has 2 rings (SSSR count). The van der Waals surface area contributed by atoms with Crippen LogP contribution < -0.4 is 10.2 Å². The van der Waals surface area contributed by atoms with Gasteiger partial charge >= 0.3 is 0 Å². The number of nitrogens with one attached hydrogen (secondary N) is 1. The van der Waals surface area contributed by atoms with E-state index in [1.165, 1.54) is 4.90 Å². The molecule has 0 bridgehead atoms. The molecule has 0 amide bonds. The summed E-state index contributed by atoms with van der Waals surface area (Å²) in [5, 5.41) is 12.6. The highest BCUT2D eigenvalue weighted by atomic mass is 19.3. The number of halogens is 2. The van der Waals surface area contributed by atoms with E-state index in [0.29, 0.717) is 22.7 Å².